The zero-order valence-corrected chi connectivity index (χ0v) is 11.2. The number of nitrogens with zero attached hydrogens (tertiary/aromatic N) is 1. The summed E-state index contributed by atoms with van der Waals surface area (Å²) < 4.78 is 4.77. The van der Waals surface area contributed by atoms with Crippen molar-refractivity contribution in [2.24, 2.45) is 0 Å². The lowest BCUT2D eigenvalue weighted by Crippen LogP contribution is -2.49. The molecule has 0 aliphatic carbocycles. The average Bonchev–Trinajstić information content (AvgIpc) is 2.90. The van der Waals surface area contributed by atoms with Crippen LogP contribution in [0.25, 0.3) is 0 Å². The summed E-state index contributed by atoms with van der Waals surface area (Å²) in [6.45, 7) is 0.655. The Hall–Kier alpha value is -1.36. The van der Waals surface area contributed by atoms with E-state index in [1.807, 2.05) is 16.8 Å². The third kappa shape index (κ3) is 2.90. The summed E-state index contributed by atoms with van der Waals surface area (Å²) in [5, 5.41) is 3.92. The Morgan fingerprint density at radius 1 is 1.50 bits per heavy atom. The molecule has 0 aromatic carbocycles. The molecule has 1 atom stereocenters. The number of methoxy groups -OCH3 is 1. The lowest BCUT2D eigenvalue weighted by Gasteiger charge is -2.33. The van der Waals surface area contributed by atoms with Crippen LogP contribution < -0.4 is 0 Å². The monoisotopic (exact) mass is 267 g/mol. The summed E-state index contributed by atoms with van der Waals surface area (Å²) in [4.78, 5) is 25.6. The van der Waals surface area contributed by atoms with Gasteiger partial charge in [-0.15, -0.1) is 0 Å². The molecule has 0 radical (unpaired) electrons. The largest absolute Gasteiger partial charge is 0.467 e. The molecule has 5 heteroatoms. The Labute approximate surface area is 111 Å². The van der Waals surface area contributed by atoms with E-state index in [2.05, 4.69) is 0 Å². The van der Waals surface area contributed by atoms with Crippen molar-refractivity contribution < 1.29 is 14.3 Å². The molecular formula is C13H17NO3S. The lowest BCUT2D eigenvalue weighted by atomic mass is 10.0. The summed E-state index contributed by atoms with van der Waals surface area (Å²) in [6, 6.07) is 1.55. The number of carbonyl (C=O) groups is 2. The number of rotatable bonds is 3. The Balaban J connectivity index is 2.04. The maximum atomic E-state index is 12.2. The van der Waals surface area contributed by atoms with Gasteiger partial charge in [-0.25, -0.2) is 4.79 Å². The van der Waals surface area contributed by atoms with Crippen LogP contribution in [0.4, 0.5) is 0 Å². The molecule has 1 amide bonds. The third-order valence-electron chi connectivity index (χ3n) is 3.23. The van der Waals surface area contributed by atoms with Gasteiger partial charge in [-0.2, -0.15) is 11.3 Å². The fraction of sp³-hybridized carbons (Fsp3) is 0.538. The summed E-state index contributed by atoms with van der Waals surface area (Å²) in [7, 11) is 1.37. The maximum absolute atomic E-state index is 12.2. The van der Waals surface area contributed by atoms with Gasteiger partial charge < -0.3 is 9.64 Å². The molecule has 2 heterocycles. The third-order valence-corrected chi connectivity index (χ3v) is 3.96. The Morgan fingerprint density at radius 2 is 2.33 bits per heavy atom. The molecule has 1 aromatic rings. The van der Waals surface area contributed by atoms with Gasteiger partial charge >= 0.3 is 5.97 Å². The number of hydrogen-bond donors (Lipinski definition) is 0. The van der Waals surface area contributed by atoms with E-state index in [-0.39, 0.29) is 11.9 Å². The van der Waals surface area contributed by atoms with Crippen molar-refractivity contribution in [2.75, 3.05) is 13.7 Å². The minimum atomic E-state index is -0.394. The molecule has 18 heavy (non-hydrogen) atoms. The van der Waals surface area contributed by atoms with E-state index < -0.39 is 6.04 Å². The molecule has 1 aliphatic heterocycles. The van der Waals surface area contributed by atoms with Crippen molar-refractivity contribution in [3.63, 3.8) is 0 Å². The van der Waals surface area contributed by atoms with Gasteiger partial charge in [-0.3, -0.25) is 4.79 Å². The number of esters is 1. The van der Waals surface area contributed by atoms with Crippen LogP contribution in [0.1, 0.15) is 24.8 Å². The average molecular weight is 267 g/mol. The van der Waals surface area contributed by atoms with Crippen LogP contribution in [0.3, 0.4) is 0 Å². The molecule has 1 fully saturated rings. The van der Waals surface area contributed by atoms with E-state index in [0.717, 1.165) is 18.4 Å². The van der Waals surface area contributed by atoms with Gasteiger partial charge in [-0.05, 0) is 41.7 Å². The highest BCUT2D eigenvalue weighted by molar-refractivity contribution is 7.07. The van der Waals surface area contributed by atoms with Crippen molar-refractivity contribution in [3.05, 3.63) is 22.4 Å². The first kappa shape index (κ1) is 13.1. The molecule has 1 aromatic heterocycles. The van der Waals surface area contributed by atoms with Crippen LogP contribution in [0.5, 0.6) is 0 Å². The van der Waals surface area contributed by atoms with E-state index in [1.165, 1.54) is 7.11 Å². The molecule has 1 aliphatic rings. The quantitative estimate of drug-likeness (QED) is 0.785. The number of thiophene rings is 1. The molecule has 0 spiro atoms. The standard InChI is InChI=1S/C13H17NO3S/c1-17-13(16)11-4-2-3-6-14(11)12(15)8-10-5-7-18-9-10/h5,7,9,11H,2-4,6,8H2,1H3/t11-/m1/s1. The minimum Gasteiger partial charge on any atom is -0.467 e. The van der Waals surface area contributed by atoms with Gasteiger partial charge in [0.05, 0.1) is 13.5 Å². The summed E-state index contributed by atoms with van der Waals surface area (Å²) in [5.74, 6) is -0.281. The number of ether oxygens (including phenoxy) is 1. The molecular weight excluding hydrogens is 250 g/mol. The van der Waals surface area contributed by atoms with Crippen LogP contribution >= 0.6 is 11.3 Å². The highest BCUT2D eigenvalue weighted by Gasteiger charge is 2.32. The molecule has 2 rings (SSSR count). The molecule has 1 saturated heterocycles. The van der Waals surface area contributed by atoms with Crippen molar-refractivity contribution in [3.8, 4) is 0 Å². The molecule has 0 unspecified atom stereocenters. The van der Waals surface area contributed by atoms with Crippen molar-refractivity contribution in [1.82, 2.24) is 4.90 Å². The van der Waals surface area contributed by atoms with Gasteiger partial charge in [0.1, 0.15) is 6.04 Å². The second-order valence-corrected chi connectivity index (χ2v) is 5.21. The van der Waals surface area contributed by atoms with E-state index in [4.69, 9.17) is 4.74 Å². The predicted molar refractivity (Wildman–Crippen MR) is 69.4 cm³/mol. The smallest absolute Gasteiger partial charge is 0.328 e. The first-order valence-electron chi connectivity index (χ1n) is 6.10. The number of hydrogen-bond acceptors (Lipinski definition) is 4. The maximum Gasteiger partial charge on any atom is 0.328 e. The van der Waals surface area contributed by atoms with Crippen molar-refractivity contribution >= 4 is 23.2 Å². The molecule has 0 saturated carbocycles. The summed E-state index contributed by atoms with van der Waals surface area (Å²) >= 11 is 1.58. The molecule has 98 valence electrons. The Kier molecular flexibility index (Phi) is 4.36. The number of likely N-dealkylation sites (tertiary alicyclic amines) is 1. The first-order valence-corrected chi connectivity index (χ1v) is 7.05. The predicted octanol–water partition coefficient (Wildman–Crippen LogP) is 1.84. The lowest BCUT2D eigenvalue weighted by molar-refractivity contribution is -0.154. The highest BCUT2D eigenvalue weighted by Crippen LogP contribution is 2.20. The topological polar surface area (TPSA) is 46.6 Å². The summed E-state index contributed by atoms with van der Waals surface area (Å²) in [5.41, 5.74) is 1.01. The van der Waals surface area contributed by atoms with Crippen molar-refractivity contribution in [2.45, 2.75) is 31.7 Å². The van der Waals surface area contributed by atoms with Crippen LogP contribution in [0.15, 0.2) is 16.8 Å². The fourth-order valence-electron chi connectivity index (χ4n) is 2.28. The number of amides is 1. The SMILES string of the molecule is COC(=O)[C@H]1CCCCN1C(=O)Cc1ccsc1. The van der Waals surface area contributed by atoms with E-state index in [1.54, 1.807) is 16.2 Å². The number of carbonyl (C=O) groups excluding carboxylic acids is 2. The molecule has 4 nitrogen and oxygen atoms in total. The first-order chi connectivity index (χ1) is 8.72. The van der Waals surface area contributed by atoms with Crippen LogP contribution in [0.2, 0.25) is 0 Å². The second kappa shape index (κ2) is 6.00. The van der Waals surface area contributed by atoms with E-state index >= 15 is 0 Å². The second-order valence-electron chi connectivity index (χ2n) is 4.43. The Morgan fingerprint density at radius 3 is 3.00 bits per heavy atom. The van der Waals surface area contributed by atoms with Gasteiger partial charge in [-0.1, -0.05) is 0 Å². The van der Waals surface area contributed by atoms with Gasteiger partial charge in [0, 0.05) is 6.54 Å². The van der Waals surface area contributed by atoms with Crippen LogP contribution in [0, 0.1) is 0 Å². The van der Waals surface area contributed by atoms with E-state index in [9.17, 15) is 9.59 Å². The Bertz CT molecular complexity index is 416. The van der Waals surface area contributed by atoms with Crippen LogP contribution in [-0.2, 0) is 20.7 Å². The zero-order chi connectivity index (χ0) is 13.0. The minimum absolute atomic E-state index is 0.0171. The van der Waals surface area contributed by atoms with Gasteiger partial charge in [0.15, 0.2) is 0 Å². The van der Waals surface area contributed by atoms with Gasteiger partial charge in [0.2, 0.25) is 5.91 Å². The van der Waals surface area contributed by atoms with E-state index in [0.29, 0.717) is 19.4 Å². The van der Waals surface area contributed by atoms with Crippen molar-refractivity contribution in [1.29, 1.82) is 0 Å². The number of piperidine rings is 1. The van der Waals surface area contributed by atoms with Gasteiger partial charge in [0.25, 0.3) is 0 Å². The molecule has 0 N–H and O–H groups in total. The normalized spacial score (nSPS) is 19.6. The van der Waals surface area contributed by atoms with Crippen LogP contribution in [-0.4, -0.2) is 36.5 Å². The summed E-state index contributed by atoms with van der Waals surface area (Å²) in [6.07, 6.45) is 3.02. The molecule has 0 bridgehead atoms. The fourth-order valence-corrected chi connectivity index (χ4v) is 2.95. The zero-order valence-electron chi connectivity index (χ0n) is 10.4. The highest BCUT2D eigenvalue weighted by atomic mass is 32.1.